The number of nitrogens with one attached hydrogen (secondary N) is 1. The van der Waals surface area contributed by atoms with Crippen LogP contribution >= 0.6 is 0 Å². The first-order valence-electron chi connectivity index (χ1n) is 9.47. The van der Waals surface area contributed by atoms with E-state index in [9.17, 15) is 9.59 Å². The molecule has 0 spiro atoms. The number of hydrogen-bond donors (Lipinski definition) is 2. The van der Waals surface area contributed by atoms with Crippen molar-refractivity contribution in [2.24, 2.45) is 5.92 Å². The Bertz CT molecular complexity index is 602. The molecule has 0 aliphatic carbocycles. The molecule has 3 heterocycles. The van der Waals surface area contributed by atoms with E-state index in [1.165, 1.54) is 0 Å². The number of pyridine rings is 1. The van der Waals surface area contributed by atoms with E-state index in [0.717, 1.165) is 44.5 Å². The van der Waals surface area contributed by atoms with Crippen LogP contribution in [0.2, 0.25) is 0 Å². The maximum absolute atomic E-state index is 12.5. The molecule has 0 radical (unpaired) electrons. The maximum atomic E-state index is 12.5. The van der Waals surface area contributed by atoms with Gasteiger partial charge in [-0.1, -0.05) is 6.07 Å². The molecule has 1 aromatic heterocycles. The van der Waals surface area contributed by atoms with E-state index in [2.05, 4.69) is 15.2 Å². The third kappa shape index (κ3) is 4.80. The number of likely N-dealkylation sites (tertiary alicyclic amines) is 2. The van der Waals surface area contributed by atoms with Gasteiger partial charge in [0.05, 0.1) is 18.2 Å². The van der Waals surface area contributed by atoms with Crippen molar-refractivity contribution in [3.63, 3.8) is 0 Å². The van der Waals surface area contributed by atoms with Gasteiger partial charge in [-0.25, -0.2) is 0 Å². The van der Waals surface area contributed by atoms with E-state index < -0.39 is 6.61 Å². The lowest BCUT2D eigenvalue weighted by Crippen LogP contribution is -2.51. The summed E-state index contributed by atoms with van der Waals surface area (Å²) in [6.45, 7) is 3.24. The van der Waals surface area contributed by atoms with Crippen LogP contribution < -0.4 is 5.32 Å². The van der Waals surface area contributed by atoms with Gasteiger partial charge < -0.3 is 15.3 Å². The van der Waals surface area contributed by atoms with Crippen LogP contribution in [0.4, 0.5) is 0 Å². The zero-order chi connectivity index (χ0) is 18.4. The summed E-state index contributed by atoms with van der Waals surface area (Å²) in [7, 11) is 0. The molecule has 7 nitrogen and oxygen atoms in total. The molecule has 0 unspecified atom stereocenters. The van der Waals surface area contributed by atoms with Crippen LogP contribution in [0.1, 0.15) is 31.4 Å². The van der Waals surface area contributed by atoms with E-state index in [1.54, 1.807) is 11.1 Å². The summed E-state index contributed by atoms with van der Waals surface area (Å²) in [6, 6.07) is 6.12. The molecular weight excluding hydrogens is 332 g/mol. The van der Waals surface area contributed by atoms with E-state index in [0.29, 0.717) is 25.7 Å². The lowest BCUT2D eigenvalue weighted by Gasteiger charge is -2.42. The molecule has 142 valence electrons. The molecule has 26 heavy (non-hydrogen) atoms. The second-order valence-electron chi connectivity index (χ2n) is 7.14. The molecule has 2 aliphatic heterocycles. The van der Waals surface area contributed by atoms with Crippen LogP contribution in [0.25, 0.3) is 0 Å². The molecule has 2 N–H and O–H groups in total. The van der Waals surface area contributed by atoms with Gasteiger partial charge in [-0.2, -0.15) is 0 Å². The SMILES string of the molecule is O=C(NCc1ccccn1)[C@H]1CCCN(C2CCN(C(=O)CO)CC2)C1. The Kier molecular flexibility index (Phi) is 6.57. The molecule has 2 fully saturated rings. The fourth-order valence-electron chi connectivity index (χ4n) is 3.96. The number of piperidine rings is 2. The third-order valence-electron chi connectivity index (χ3n) is 5.46. The van der Waals surface area contributed by atoms with Gasteiger partial charge in [-0.3, -0.25) is 19.5 Å². The molecule has 1 aromatic rings. The Balaban J connectivity index is 1.46. The zero-order valence-electron chi connectivity index (χ0n) is 15.1. The number of aliphatic hydroxyl groups is 1. The van der Waals surface area contributed by atoms with Crippen LogP contribution in [0.3, 0.4) is 0 Å². The van der Waals surface area contributed by atoms with Crippen molar-refractivity contribution in [3.05, 3.63) is 30.1 Å². The summed E-state index contributed by atoms with van der Waals surface area (Å²) in [6.07, 6.45) is 5.50. The lowest BCUT2D eigenvalue weighted by molar-refractivity contribution is -0.135. The number of nitrogens with zero attached hydrogens (tertiary/aromatic N) is 3. The van der Waals surface area contributed by atoms with Gasteiger partial charge in [0.25, 0.3) is 0 Å². The lowest BCUT2D eigenvalue weighted by atomic mass is 9.93. The second-order valence-corrected chi connectivity index (χ2v) is 7.14. The van der Waals surface area contributed by atoms with Crippen molar-refractivity contribution in [1.82, 2.24) is 20.1 Å². The zero-order valence-corrected chi connectivity index (χ0v) is 15.1. The normalized spacial score (nSPS) is 22.2. The Morgan fingerprint density at radius 1 is 1.19 bits per heavy atom. The number of carbonyl (C=O) groups is 2. The topological polar surface area (TPSA) is 85.8 Å². The van der Waals surface area contributed by atoms with Crippen molar-refractivity contribution in [2.75, 3.05) is 32.8 Å². The van der Waals surface area contributed by atoms with Crippen LogP contribution in [-0.4, -0.2) is 70.5 Å². The van der Waals surface area contributed by atoms with Crippen molar-refractivity contribution >= 4 is 11.8 Å². The Labute approximate surface area is 154 Å². The number of hydrogen-bond acceptors (Lipinski definition) is 5. The van der Waals surface area contributed by atoms with E-state index >= 15 is 0 Å². The molecule has 0 bridgehead atoms. The Morgan fingerprint density at radius 3 is 2.69 bits per heavy atom. The van der Waals surface area contributed by atoms with Crippen molar-refractivity contribution in [2.45, 2.75) is 38.3 Å². The molecule has 2 aliphatic rings. The van der Waals surface area contributed by atoms with Gasteiger partial charge in [0.1, 0.15) is 6.61 Å². The van der Waals surface area contributed by atoms with Crippen LogP contribution in [-0.2, 0) is 16.1 Å². The van der Waals surface area contributed by atoms with Gasteiger partial charge in [-0.15, -0.1) is 0 Å². The Morgan fingerprint density at radius 2 is 2.00 bits per heavy atom. The summed E-state index contributed by atoms with van der Waals surface area (Å²) in [4.78, 5) is 32.5. The van der Waals surface area contributed by atoms with Crippen molar-refractivity contribution in [1.29, 1.82) is 0 Å². The summed E-state index contributed by atoms with van der Waals surface area (Å²) in [5.74, 6) is -0.0633. The summed E-state index contributed by atoms with van der Waals surface area (Å²) >= 11 is 0. The van der Waals surface area contributed by atoms with E-state index in [1.807, 2.05) is 18.2 Å². The summed E-state index contributed by atoms with van der Waals surface area (Å²) < 4.78 is 0. The van der Waals surface area contributed by atoms with Gasteiger partial charge in [0.2, 0.25) is 11.8 Å². The maximum Gasteiger partial charge on any atom is 0.248 e. The third-order valence-corrected chi connectivity index (χ3v) is 5.46. The van der Waals surface area contributed by atoms with Gasteiger partial charge in [0, 0.05) is 31.9 Å². The van der Waals surface area contributed by atoms with Gasteiger partial charge in [-0.05, 0) is 44.4 Å². The molecule has 7 heteroatoms. The highest BCUT2D eigenvalue weighted by Crippen LogP contribution is 2.24. The highest BCUT2D eigenvalue weighted by atomic mass is 16.3. The molecule has 2 saturated heterocycles. The summed E-state index contributed by atoms with van der Waals surface area (Å²) in [5, 5.41) is 12.0. The number of amides is 2. The minimum atomic E-state index is -0.410. The first-order valence-corrected chi connectivity index (χ1v) is 9.47. The van der Waals surface area contributed by atoms with Crippen LogP contribution in [0.15, 0.2) is 24.4 Å². The highest BCUT2D eigenvalue weighted by molar-refractivity contribution is 5.79. The quantitative estimate of drug-likeness (QED) is 0.794. The van der Waals surface area contributed by atoms with Gasteiger partial charge in [0.15, 0.2) is 0 Å². The largest absolute Gasteiger partial charge is 0.387 e. The van der Waals surface area contributed by atoms with Crippen molar-refractivity contribution in [3.8, 4) is 0 Å². The van der Waals surface area contributed by atoms with E-state index in [4.69, 9.17) is 5.11 Å². The highest BCUT2D eigenvalue weighted by Gasteiger charge is 2.32. The van der Waals surface area contributed by atoms with Crippen LogP contribution in [0, 0.1) is 5.92 Å². The fraction of sp³-hybridized carbons (Fsp3) is 0.632. The fourth-order valence-corrected chi connectivity index (χ4v) is 3.96. The number of aromatic nitrogens is 1. The van der Waals surface area contributed by atoms with Gasteiger partial charge >= 0.3 is 0 Å². The predicted molar refractivity (Wildman–Crippen MR) is 97.1 cm³/mol. The van der Waals surface area contributed by atoms with E-state index in [-0.39, 0.29) is 17.7 Å². The average Bonchev–Trinajstić information content (AvgIpc) is 2.72. The average molecular weight is 360 g/mol. The predicted octanol–water partition coefficient (Wildman–Crippen LogP) is 0.393. The second kappa shape index (κ2) is 9.09. The summed E-state index contributed by atoms with van der Waals surface area (Å²) in [5.41, 5.74) is 0.870. The minimum Gasteiger partial charge on any atom is -0.387 e. The first kappa shape index (κ1) is 18.8. The molecular formula is C19H28N4O3. The number of rotatable bonds is 5. The first-order chi connectivity index (χ1) is 12.7. The smallest absolute Gasteiger partial charge is 0.248 e. The number of carbonyl (C=O) groups excluding carboxylic acids is 2. The monoisotopic (exact) mass is 360 g/mol. The number of aliphatic hydroxyl groups excluding tert-OH is 1. The molecule has 1 atom stereocenters. The van der Waals surface area contributed by atoms with Crippen LogP contribution in [0.5, 0.6) is 0 Å². The molecule has 0 aromatic carbocycles. The molecule has 2 amide bonds. The minimum absolute atomic E-state index is 0.0181. The molecule has 0 saturated carbocycles. The molecule has 3 rings (SSSR count). The standard InChI is InChI=1S/C19H28N4O3/c24-14-18(25)22-10-6-17(7-11-22)23-9-3-4-15(13-23)19(26)21-12-16-5-1-2-8-20-16/h1-2,5,8,15,17,24H,3-4,6-7,9-14H2,(H,21,26)/t15-/m0/s1. The Hall–Kier alpha value is -1.99. The van der Waals surface area contributed by atoms with Crippen molar-refractivity contribution < 1.29 is 14.7 Å².